The number of rotatable bonds is 6. The highest BCUT2D eigenvalue weighted by Crippen LogP contribution is 2.32. The van der Waals surface area contributed by atoms with Crippen molar-refractivity contribution in [1.82, 2.24) is 9.88 Å². The van der Waals surface area contributed by atoms with E-state index in [1.165, 1.54) is 11.3 Å². The lowest BCUT2D eigenvalue weighted by atomic mass is 10.1. The zero-order valence-corrected chi connectivity index (χ0v) is 14.9. The third-order valence-corrected chi connectivity index (χ3v) is 4.89. The fourth-order valence-corrected chi connectivity index (χ4v) is 3.58. The summed E-state index contributed by atoms with van der Waals surface area (Å²) in [4.78, 5) is 17.3. The lowest BCUT2D eigenvalue weighted by molar-refractivity contribution is -0.0330. The Morgan fingerprint density at radius 1 is 1.40 bits per heavy atom. The molecule has 0 aliphatic carbocycles. The van der Waals surface area contributed by atoms with E-state index in [4.69, 9.17) is 19.3 Å². The van der Waals surface area contributed by atoms with E-state index in [0.717, 1.165) is 17.1 Å². The Labute approximate surface area is 149 Å². The molecule has 1 aliphatic rings. The second-order valence-corrected chi connectivity index (χ2v) is 6.58. The summed E-state index contributed by atoms with van der Waals surface area (Å²) in [5.74, 6) is 0.363. The van der Waals surface area contributed by atoms with Crippen LogP contribution in [0.3, 0.4) is 0 Å². The molecule has 25 heavy (non-hydrogen) atoms. The molecule has 1 aromatic heterocycles. The number of hydrogen-bond donors (Lipinski definition) is 1. The van der Waals surface area contributed by atoms with Crippen LogP contribution in [0.15, 0.2) is 23.6 Å². The van der Waals surface area contributed by atoms with E-state index < -0.39 is 5.97 Å². The molecule has 2 aromatic rings. The Hall–Kier alpha value is -2.16. The van der Waals surface area contributed by atoms with Gasteiger partial charge >= 0.3 is 5.97 Å². The van der Waals surface area contributed by atoms with Crippen LogP contribution in [0.1, 0.15) is 27.2 Å². The molecule has 1 aromatic carbocycles. The van der Waals surface area contributed by atoms with Crippen LogP contribution in [0.25, 0.3) is 0 Å². The van der Waals surface area contributed by atoms with E-state index in [2.05, 4.69) is 9.88 Å². The Morgan fingerprint density at radius 2 is 2.20 bits per heavy atom. The second kappa shape index (κ2) is 7.81. The van der Waals surface area contributed by atoms with Crippen LogP contribution in [-0.4, -0.2) is 54.9 Å². The quantitative estimate of drug-likeness (QED) is 0.843. The summed E-state index contributed by atoms with van der Waals surface area (Å²) in [5.41, 5.74) is 1.12. The maximum Gasteiger partial charge on any atom is 0.355 e. The number of carbonyl (C=O) groups is 1. The highest BCUT2D eigenvalue weighted by Gasteiger charge is 2.24. The SMILES string of the molecule is COc1ccc(C2CN(Cc3nc(C(=O)O)cs3)CCO2)cc1OC. The maximum absolute atomic E-state index is 10.9. The topological polar surface area (TPSA) is 81.1 Å². The summed E-state index contributed by atoms with van der Waals surface area (Å²) in [6.07, 6.45) is -0.0764. The van der Waals surface area contributed by atoms with Crippen LogP contribution in [0.5, 0.6) is 11.5 Å². The third-order valence-electron chi connectivity index (χ3n) is 4.06. The predicted molar refractivity (Wildman–Crippen MR) is 92.6 cm³/mol. The van der Waals surface area contributed by atoms with Gasteiger partial charge in [0, 0.05) is 18.5 Å². The molecule has 0 radical (unpaired) electrons. The molecule has 134 valence electrons. The standard InChI is InChI=1S/C17H20N2O5S/c1-22-13-4-3-11(7-14(13)23-2)15-8-19(5-6-24-15)9-16-18-12(10-25-16)17(20)21/h3-4,7,10,15H,5-6,8-9H2,1-2H3,(H,20,21). The number of ether oxygens (including phenoxy) is 3. The van der Waals surface area contributed by atoms with E-state index >= 15 is 0 Å². The Kier molecular flexibility index (Phi) is 5.52. The van der Waals surface area contributed by atoms with Gasteiger partial charge in [-0.3, -0.25) is 4.90 Å². The molecule has 0 spiro atoms. The molecule has 2 heterocycles. The van der Waals surface area contributed by atoms with Gasteiger partial charge in [0.25, 0.3) is 0 Å². The summed E-state index contributed by atoms with van der Waals surface area (Å²) in [6, 6.07) is 5.77. The van der Waals surface area contributed by atoms with Crippen molar-refractivity contribution in [3.63, 3.8) is 0 Å². The second-order valence-electron chi connectivity index (χ2n) is 5.64. The van der Waals surface area contributed by atoms with Crippen molar-refractivity contribution >= 4 is 17.3 Å². The number of morpholine rings is 1. The zero-order valence-electron chi connectivity index (χ0n) is 14.1. The molecule has 1 fully saturated rings. The number of thiazole rings is 1. The summed E-state index contributed by atoms with van der Waals surface area (Å²) >= 11 is 1.37. The van der Waals surface area contributed by atoms with Crippen molar-refractivity contribution in [2.24, 2.45) is 0 Å². The number of benzene rings is 1. The van der Waals surface area contributed by atoms with E-state index in [9.17, 15) is 4.79 Å². The lowest BCUT2D eigenvalue weighted by Gasteiger charge is -2.32. The number of carboxylic acid groups (broad SMARTS) is 1. The van der Waals surface area contributed by atoms with Gasteiger partial charge in [0.2, 0.25) is 0 Å². The number of hydrogen-bond acceptors (Lipinski definition) is 7. The van der Waals surface area contributed by atoms with Gasteiger partial charge in [-0.2, -0.15) is 0 Å². The molecule has 3 rings (SSSR count). The normalized spacial score (nSPS) is 18.1. The highest BCUT2D eigenvalue weighted by molar-refractivity contribution is 7.09. The fourth-order valence-electron chi connectivity index (χ4n) is 2.77. The van der Waals surface area contributed by atoms with Crippen molar-refractivity contribution in [3.8, 4) is 11.5 Å². The van der Waals surface area contributed by atoms with Gasteiger partial charge in [-0.05, 0) is 17.7 Å². The van der Waals surface area contributed by atoms with Crippen LogP contribution < -0.4 is 9.47 Å². The first-order valence-electron chi connectivity index (χ1n) is 7.84. The number of aromatic carboxylic acids is 1. The van der Waals surface area contributed by atoms with Gasteiger partial charge in [0.05, 0.1) is 33.5 Å². The minimum atomic E-state index is -0.993. The fraction of sp³-hybridized carbons (Fsp3) is 0.412. The van der Waals surface area contributed by atoms with Crippen LogP contribution in [0.4, 0.5) is 0 Å². The van der Waals surface area contributed by atoms with Crippen molar-refractivity contribution in [2.75, 3.05) is 33.9 Å². The van der Waals surface area contributed by atoms with E-state index in [1.54, 1.807) is 19.6 Å². The molecule has 1 aliphatic heterocycles. The third kappa shape index (κ3) is 4.09. The lowest BCUT2D eigenvalue weighted by Crippen LogP contribution is -2.37. The Bertz CT molecular complexity index is 748. The monoisotopic (exact) mass is 364 g/mol. The van der Waals surface area contributed by atoms with Gasteiger partial charge in [0.1, 0.15) is 5.01 Å². The van der Waals surface area contributed by atoms with Crippen LogP contribution in [0, 0.1) is 0 Å². The highest BCUT2D eigenvalue weighted by atomic mass is 32.1. The van der Waals surface area contributed by atoms with Crippen molar-refractivity contribution in [1.29, 1.82) is 0 Å². The largest absolute Gasteiger partial charge is 0.493 e. The molecule has 8 heteroatoms. The summed E-state index contributed by atoms with van der Waals surface area (Å²) in [5, 5.41) is 11.3. The average molecular weight is 364 g/mol. The molecule has 1 atom stereocenters. The van der Waals surface area contributed by atoms with E-state index in [0.29, 0.717) is 31.2 Å². The van der Waals surface area contributed by atoms with Crippen LogP contribution in [-0.2, 0) is 11.3 Å². The first kappa shape index (κ1) is 17.7. The molecule has 0 amide bonds. The van der Waals surface area contributed by atoms with Gasteiger partial charge in [0.15, 0.2) is 17.2 Å². The molecule has 1 saturated heterocycles. The first-order valence-corrected chi connectivity index (χ1v) is 8.72. The molecule has 1 N–H and O–H groups in total. The summed E-state index contributed by atoms with van der Waals surface area (Å²) < 4.78 is 16.5. The number of nitrogens with zero attached hydrogens (tertiary/aromatic N) is 2. The van der Waals surface area contributed by atoms with Crippen LogP contribution >= 0.6 is 11.3 Å². The number of carboxylic acids is 1. The van der Waals surface area contributed by atoms with Gasteiger partial charge in [-0.25, -0.2) is 9.78 Å². The summed E-state index contributed by atoms with van der Waals surface area (Å²) in [6.45, 7) is 2.71. The molecular weight excluding hydrogens is 344 g/mol. The Morgan fingerprint density at radius 3 is 2.88 bits per heavy atom. The first-order chi connectivity index (χ1) is 12.1. The smallest absolute Gasteiger partial charge is 0.355 e. The van der Waals surface area contributed by atoms with Gasteiger partial charge < -0.3 is 19.3 Å². The molecule has 7 nitrogen and oxygen atoms in total. The van der Waals surface area contributed by atoms with Gasteiger partial charge in [-0.1, -0.05) is 6.07 Å². The zero-order chi connectivity index (χ0) is 17.8. The molecule has 0 saturated carbocycles. The molecule has 1 unspecified atom stereocenters. The Balaban J connectivity index is 1.69. The average Bonchev–Trinajstić information content (AvgIpc) is 3.10. The minimum Gasteiger partial charge on any atom is -0.493 e. The molecular formula is C17H20N2O5S. The number of methoxy groups -OCH3 is 2. The van der Waals surface area contributed by atoms with Crippen molar-refractivity contribution in [3.05, 3.63) is 39.8 Å². The van der Waals surface area contributed by atoms with Crippen molar-refractivity contribution < 1.29 is 24.1 Å². The van der Waals surface area contributed by atoms with Gasteiger partial charge in [-0.15, -0.1) is 11.3 Å². The van der Waals surface area contributed by atoms with Crippen LogP contribution in [0.2, 0.25) is 0 Å². The minimum absolute atomic E-state index is 0.0764. The summed E-state index contributed by atoms with van der Waals surface area (Å²) in [7, 11) is 3.22. The maximum atomic E-state index is 10.9. The van der Waals surface area contributed by atoms with E-state index in [1.807, 2.05) is 18.2 Å². The number of aromatic nitrogens is 1. The predicted octanol–water partition coefficient (Wildman–Crippen LogP) is 2.43. The van der Waals surface area contributed by atoms with Crippen molar-refractivity contribution in [2.45, 2.75) is 12.6 Å². The molecule has 0 bridgehead atoms. The van der Waals surface area contributed by atoms with E-state index in [-0.39, 0.29) is 11.8 Å².